The molecule has 6 nitrogen and oxygen atoms in total. The number of hydrogen-bond donors (Lipinski definition) is 0. The molecular weight excluding hydrogens is 226 g/mol. The van der Waals surface area contributed by atoms with Crippen LogP contribution in [0.4, 0.5) is 0 Å². The molecule has 0 bridgehead atoms. The van der Waals surface area contributed by atoms with Crippen molar-refractivity contribution in [2.45, 2.75) is 6.42 Å². The Kier molecular flexibility index (Phi) is 3.42. The largest absolute Gasteiger partial charge is 0.468 e. The fraction of sp³-hybridized carbons (Fsp3) is 0.727. The number of esters is 1. The van der Waals surface area contributed by atoms with E-state index in [2.05, 4.69) is 4.74 Å². The second kappa shape index (κ2) is 4.83. The van der Waals surface area contributed by atoms with Crippen LogP contribution in [0.3, 0.4) is 0 Å². The van der Waals surface area contributed by atoms with Gasteiger partial charge in [-0.05, 0) is 6.42 Å². The number of likely N-dealkylation sites (tertiary alicyclic amines) is 1. The summed E-state index contributed by atoms with van der Waals surface area (Å²) in [5.74, 6) is -1.88. The van der Waals surface area contributed by atoms with Crippen molar-refractivity contribution >= 4 is 17.7 Å². The zero-order chi connectivity index (χ0) is 12.4. The minimum atomic E-state index is -0.814. The number of nitrogens with zero attached hydrogens (tertiary/aromatic N) is 1. The second-order valence-electron chi connectivity index (χ2n) is 4.32. The third-order valence-electron chi connectivity index (χ3n) is 3.21. The van der Waals surface area contributed by atoms with Crippen LogP contribution in [0.15, 0.2) is 0 Å². The van der Waals surface area contributed by atoms with Crippen molar-refractivity contribution in [1.82, 2.24) is 4.90 Å². The van der Waals surface area contributed by atoms with E-state index < -0.39 is 11.9 Å². The fourth-order valence-electron chi connectivity index (χ4n) is 2.19. The van der Waals surface area contributed by atoms with Crippen LogP contribution in [0.25, 0.3) is 0 Å². The Morgan fingerprint density at radius 2 is 2.24 bits per heavy atom. The van der Waals surface area contributed by atoms with Gasteiger partial charge in [0.25, 0.3) is 0 Å². The van der Waals surface area contributed by atoms with Gasteiger partial charge in [0.1, 0.15) is 5.92 Å². The summed E-state index contributed by atoms with van der Waals surface area (Å²) in [6.45, 7) is 1.14. The van der Waals surface area contributed by atoms with Gasteiger partial charge >= 0.3 is 5.97 Å². The Morgan fingerprint density at radius 3 is 2.82 bits per heavy atom. The van der Waals surface area contributed by atoms with Crippen molar-refractivity contribution < 1.29 is 23.9 Å². The molecule has 2 saturated heterocycles. The molecule has 2 aliphatic rings. The lowest BCUT2D eigenvalue weighted by Crippen LogP contribution is -2.35. The SMILES string of the molecule is COC(=O)C1CN(C(=O)C2CCOC2)CC1=O. The number of ketones is 1. The van der Waals surface area contributed by atoms with Crippen molar-refractivity contribution in [3.8, 4) is 0 Å². The van der Waals surface area contributed by atoms with E-state index in [0.29, 0.717) is 19.6 Å². The maximum atomic E-state index is 12.0. The smallest absolute Gasteiger partial charge is 0.318 e. The second-order valence-corrected chi connectivity index (χ2v) is 4.32. The van der Waals surface area contributed by atoms with Gasteiger partial charge in [-0.15, -0.1) is 0 Å². The summed E-state index contributed by atoms with van der Waals surface area (Å²) < 4.78 is 9.67. The number of rotatable bonds is 2. The van der Waals surface area contributed by atoms with Crippen LogP contribution in [-0.4, -0.2) is 56.0 Å². The molecule has 0 aromatic heterocycles. The van der Waals surface area contributed by atoms with Gasteiger partial charge in [-0.3, -0.25) is 14.4 Å². The minimum absolute atomic E-state index is 0.00903. The zero-order valence-electron chi connectivity index (χ0n) is 9.68. The van der Waals surface area contributed by atoms with Gasteiger partial charge in [-0.25, -0.2) is 0 Å². The van der Waals surface area contributed by atoms with Gasteiger partial charge in [0, 0.05) is 13.2 Å². The Labute approximate surface area is 98.8 Å². The van der Waals surface area contributed by atoms with E-state index in [-0.39, 0.29) is 30.7 Å². The molecule has 2 rings (SSSR count). The molecule has 2 aliphatic heterocycles. The Balaban J connectivity index is 1.98. The van der Waals surface area contributed by atoms with Crippen molar-refractivity contribution in [2.75, 3.05) is 33.4 Å². The highest BCUT2D eigenvalue weighted by Crippen LogP contribution is 2.21. The predicted molar refractivity (Wildman–Crippen MR) is 56.0 cm³/mol. The molecular formula is C11H15NO5. The average molecular weight is 241 g/mol. The lowest BCUT2D eigenvalue weighted by Gasteiger charge is -2.18. The highest BCUT2D eigenvalue weighted by atomic mass is 16.5. The fourth-order valence-corrected chi connectivity index (χ4v) is 2.19. The highest BCUT2D eigenvalue weighted by Gasteiger charge is 2.41. The van der Waals surface area contributed by atoms with E-state index in [9.17, 15) is 14.4 Å². The molecule has 0 radical (unpaired) electrons. The van der Waals surface area contributed by atoms with Crippen LogP contribution in [0.5, 0.6) is 0 Å². The molecule has 0 aromatic carbocycles. The number of ether oxygens (including phenoxy) is 2. The maximum absolute atomic E-state index is 12.0. The first kappa shape index (κ1) is 12.0. The number of Topliss-reactive ketones (excluding diaryl/α,β-unsaturated/α-hetero) is 1. The summed E-state index contributed by atoms with van der Waals surface area (Å²) in [6.07, 6.45) is 0.687. The summed E-state index contributed by atoms with van der Waals surface area (Å²) in [7, 11) is 1.24. The number of methoxy groups -OCH3 is 1. The monoisotopic (exact) mass is 241 g/mol. The van der Waals surface area contributed by atoms with E-state index in [1.165, 1.54) is 12.0 Å². The van der Waals surface area contributed by atoms with E-state index in [1.54, 1.807) is 0 Å². The van der Waals surface area contributed by atoms with Crippen LogP contribution in [0, 0.1) is 11.8 Å². The summed E-state index contributed by atoms with van der Waals surface area (Å²) in [5, 5.41) is 0. The van der Waals surface area contributed by atoms with Crippen molar-refractivity contribution in [3.05, 3.63) is 0 Å². The molecule has 2 atom stereocenters. The van der Waals surface area contributed by atoms with E-state index in [0.717, 1.165) is 0 Å². The third kappa shape index (κ3) is 2.31. The molecule has 2 heterocycles. The molecule has 0 spiro atoms. The Hall–Kier alpha value is -1.43. The quantitative estimate of drug-likeness (QED) is 0.468. The van der Waals surface area contributed by atoms with Gasteiger partial charge in [-0.2, -0.15) is 0 Å². The van der Waals surface area contributed by atoms with Crippen LogP contribution >= 0.6 is 0 Å². The van der Waals surface area contributed by atoms with Crippen molar-refractivity contribution in [1.29, 1.82) is 0 Å². The molecule has 17 heavy (non-hydrogen) atoms. The lowest BCUT2D eigenvalue weighted by molar-refractivity contribution is -0.147. The summed E-state index contributed by atoms with van der Waals surface area (Å²) >= 11 is 0. The Bertz CT molecular complexity index is 348. The van der Waals surface area contributed by atoms with Crippen LogP contribution in [0.1, 0.15) is 6.42 Å². The Morgan fingerprint density at radius 1 is 1.47 bits per heavy atom. The molecule has 0 N–H and O–H groups in total. The summed E-state index contributed by atoms with van der Waals surface area (Å²) in [4.78, 5) is 36.3. The van der Waals surface area contributed by atoms with Gasteiger partial charge in [0.05, 0.1) is 26.2 Å². The molecule has 2 fully saturated rings. The first-order valence-corrected chi connectivity index (χ1v) is 5.60. The van der Waals surface area contributed by atoms with Gasteiger partial charge in [-0.1, -0.05) is 0 Å². The topological polar surface area (TPSA) is 72.9 Å². The first-order chi connectivity index (χ1) is 8.13. The number of hydrogen-bond acceptors (Lipinski definition) is 5. The number of carbonyl (C=O) groups is 3. The maximum Gasteiger partial charge on any atom is 0.318 e. The summed E-state index contributed by atoms with van der Waals surface area (Å²) in [5.41, 5.74) is 0. The summed E-state index contributed by atoms with van der Waals surface area (Å²) in [6, 6.07) is 0. The normalized spacial score (nSPS) is 28.5. The molecule has 2 unspecified atom stereocenters. The van der Waals surface area contributed by atoms with Crippen LogP contribution < -0.4 is 0 Å². The molecule has 0 aliphatic carbocycles. The van der Waals surface area contributed by atoms with Gasteiger partial charge < -0.3 is 14.4 Å². The molecule has 0 saturated carbocycles. The number of amides is 1. The van der Waals surface area contributed by atoms with E-state index in [1.807, 2.05) is 0 Å². The lowest BCUT2D eigenvalue weighted by atomic mass is 10.1. The predicted octanol–water partition coefficient (Wildman–Crippen LogP) is -0.777. The minimum Gasteiger partial charge on any atom is -0.468 e. The standard InChI is InChI=1S/C11H15NO5/c1-16-11(15)8-4-12(5-9(8)13)10(14)7-2-3-17-6-7/h7-8H,2-6H2,1H3. The van der Waals surface area contributed by atoms with Crippen LogP contribution in [-0.2, 0) is 23.9 Å². The van der Waals surface area contributed by atoms with Gasteiger partial charge in [0.2, 0.25) is 5.91 Å². The molecule has 6 heteroatoms. The third-order valence-corrected chi connectivity index (χ3v) is 3.21. The van der Waals surface area contributed by atoms with E-state index >= 15 is 0 Å². The highest BCUT2D eigenvalue weighted by molar-refractivity contribution is 6.04. The zero-order valence-corrected chi connectivity index (χ0v) is 9.68. The first-order valence-electron chi connectivity index (χ1n) is 5.60. The molecule has 0 aromatic rings. The number of carbonyl (C=O) groups excluding carboxylic acids is 3. The van der Waals surface area contributed by atoms with Crippen LogP contribution in [0.2, 0.25) is 0 Å². The molecule has 1 amide bonds. The molecule has 94 valence electrons. The van der Waals surface area contributed by atoms with E-state index in [4.69, 9.17) is 4.74 Å². The van der Waals surface area contributed by atoms with Crippen molar-refractivity contribution in [2.24, 2.45) is 11.8 Å². The van der Waals surface area contributed by atoms with Crippen molar-refractivity contribution in [3.63, 3.8) is 0 Å². The van der Waals surface area contributed by atoms with Gasteiger partial charge in [0.15, 0.2) is 5.78 Å². The average Bonchev–Trinajstić information content (AvgIpc) is 2.96.